The average Bonchev–Trinajstić information content (AvgIpc) is 3.05. The van der Waals surface area contributed by atoms with Crippen LogP contribution in [0.1, 0.15) is 49.4 Å². The Labute approximate surface area is 174 Å². The van der Waals surface area contributed by atoms with Gasteiger partial charge >= 0.3 is 0 Å². The van der Waals surface area contributed by atoms with Crippen molar-refractivity contribution < 1.29 is 33.9 Å². The van der Waals surface area contributed by atoms with Crippen molar-refractivity contribution in [2.24, 2.45) is 5.92 Å². The molecule has 0 aromatic heterocycles. The molecule has 10 nitrogen and oxygen atoms in total. The highest BCUT2D eigenvalue weighted by Crippen LogP contribution is 2.33. The molecule has 2 atom stereocenters. The molecule has 1 heterocycles. The third-order valence-corrected chi connectivity index (χ3v) is 4.77. The van der Waals surface area contributed by atoms with Crippen LogP contribution in [-0.2, 0) is 14.4 Å². The van der Waals surface area contributed by atoms with E-state index in [9.17, 15) is 24.4 Å². The number of methoxy groups -OCH3 is 1. The van der Waals surface area contributed by atoms with Gasteiger partial charge in [-0.15, -0.1) is 0 Å². The van der Waals surface area contributed by atoms with Crippen LogP contribution in [0, 0.1) is 5.92 Å². The highest BCUT2D eigenvalue weighted by Gasteiger charge is 2.34. The lowest BCUT2D eigenvalue weighted by atomic mass is 10.0. The molecule has 1 aliphatic heterocycles. The van der Waals surface area contributed by atoms with Crippen LogP contribution in [-0.4, -0.2) is 54.0 Å². The normalized spacial score (nSPS) is 15.6. The van der Waals surface area contributed by atoms with Gasteiger partial charge in [-0.1, -0.05) is 26.2 Å². The summed E-state index contributed by atoms with van der Waals surface area (Å²) in [4.78, 5) is 47.6. The number of carbonyl (C=O) groups excluding carboxylic acids is 4. The fraction of sp³-hybridized carbons (Fsp3) is 0.500. The first-order valence-electron chi connectivity index (χ1n) is 9.78. The van der Waals surface area contributed by atoms with Gasteiger partial charge in [-0.2, -0.15) is 0 Å². The fourth-order valence-corrected chi connectivity index (χ4v) is 3.11. The molecule has 0 fully saturated rings. The van der Waals surface area contributed by atoms with Gasteiger partial charge in [0, 0.05) is 6.07 Å². The second kappa shape index (κ2) is 11.1. The van der Waals surface area contributed by atoms with Gasteiger partial charge in [0.15, 0.2) is 6.10 Å². The number of Topliss-reactive ketones (excluding diaryl/α,β-unsaturated/α-hetero) is 1. The number of nitrogens with zero attached hydrogens (tertiary/aromatic N) is 1. The molecule has 3 amide bonds. The Morgan fingerprint density at radius 3 is 2.77 bits per heavy atom. The molecular weight excluding hydrogens is 394 g/mol. The number of hydrazine groups is 1. The standard InChI is InChI=1S/C20H27N3O7/c1-3-4-5-6-13(11-23(28)12-24)20(27)22-21-18(25)10-17-19(26)15-8-7-14(29-2)9-16(15)30-17/h7-9,12-13,17,28H,3-6,10-11H2,1-2H3,(H,21,25)(H,22,27)/t13-,17?/m1/s1. The minimum Gasteiger partial charge on any atom is -0.497 e. The Morgan fingerprint density at radius 2 is 2.10 bits per heavy atom. The number of hydrogen-bond acceptors (Lipinski definition) is 7. The molecule has 1 aliphatic rings. The molecule has 1 unspecified atom stereocenters. The van der Waals surface area contributed by atoms with Gasteiger partial charge in [-0.05, 0) is 18.6 Å². The fourth-order valence-electron chi connectivity index (χ4n) is 3.11. The third-order valence-electron chi connectivity index (χ3n) is 4.77. The largest absolute Gasteiger partial charge is 0.497 e. The lowest BCUT2D eigenvalue weighted by molar-refractivity contribution is -0.155. The maximum Gasteiger partial charge on any atom is 0.243 e. The maximum atomic E-state index is 12.4. The molecule has 164 valence electrons. The first-order chi connectivity index (χ1) is 14.4. The summed E-state index contributed by atoms with van der Waals surface area (Å²) in [6.45, 7) is 1.83. The molecule has 0 saturated heterocycles. The third kappa shape index (κ3) is 6.18. The first kappa shape index (κ1) is 23.1. The van der Waals surface area contributed by atoms with Crippen molar-refractivity contribution in [3.8, 4) is 11.5 Å². The van der Waals surface area contributed by atoms with Gasteiger partial charge in [-0.25, -0.2) is 5.06 Å². The van der Waals surface area contributed by atoms with E-state index in [1.165, 1.54) is 7.11 Å². The molecule has 0 radical (unpaired) electrons. The Balaban J connectivity index is 1.87. The number of unbranched alkanes of at least 4 members (excludes halogenated alkanes) is 2. The quantitative estimate of drug-likeness (QED) is 0.212. The van der Waals surface area contributed by atoms with Gasteiger partial charge in [0.2, 0.25) is 24.0 Å². The van der Waals surface area contributed by atoms with Crippen LogP contribution in [0.2, 0.25) is 0 Å². The van der Waals surface area contributed by atoms with Crippen LogP contribution in [0.3, 0.4) is 0 Å². The molecule has 10 heteroatoms. The monoisotopic (exact) mass is 421 g/mol. The molecule has 0 saturated carbocycles. The minimum absolute atomic E-state index is 0.184. The number of hydrogen-bond donors (Lipinski definition) is 3. The van der Waals surface area contributed by atoms with E-state index in [1.807, 2.05) is 6.92 Å². The van der Waals surface area contributed by atoms with E-state index in [1.54, 1.807) is 18.2 Å². The summed E-state index contributed by atoms with van der Waals surface area (Å²) in [5.41, 5.74) is 4.91. The number of nitrogens with one attached hydrogen (secondary N) is 2. The average molecular weight is 421 g/mol. The molecular formula is C20H27N3O7. The van der Waals surface area contributed by atoms with Crippen LogP contribution in [0.4, 0.5) is 0 Å². The molecule has 2 rings (SSSR count). The number of benzene rings is 1. The van der Waals surface area contributed by atoms with Crippen molar-refractivity contribution in [1.82, 2.24) is 15.9 Å². The molecule has 0 spiro atoms. The predicted molar refractivity (Wildman–Crippen MR) is 105 cm³/mol. The van der Waals surface area contributed by atoms with E-state index >= 15 is 0 Å². The summed E-state index contributed by atoms with van der Waals surface area (Å²) in [6.07, 6.45) is 1.97. The number of amides is 3. The summed E-state index contributed by atoms with van der Waals surface area (Å²) in [7, 11) is 1.49. The van der Waals surface area contributed by atoms with Crippen molar-refractivity contribution in [1.29, 1.82) is 0 Å². The number of ketones is 1. The minimum atomic E-state index is -0.993. The van der Waals surface area contributed by atoms with E-state index in [-0.39, 0.29) is 25.2 Å². The molecule has 3 N–H and O–H groups in total. The van der Waals surface area contributed by atoms with Crippen LogP contribution in [0.5, 0.6) is 11.5 Å². The lowest BCUT2D eigenvalue weighted by Crippen LogP contribution is -2.48. The van der Waals surface area contributed by atoms with Crippen molar-refractivity contribution >= 4 is 24.0 Å². The summed E-state index contributed by atoms with van der Waals surface area (Å²) >= 11 is 0. The van der Waals surface area contributed by atoms with E-state index < -0.39 is 23.8 Å². The van der Waals surface area contributed by atoms with Gasteiger partial charge < -0.3 is 9.47 Å². The summed E-state index contributed by atoms with van der Waals surface area (Å²) in [6, 6.07) is 4.78. The predicted octanol–water partition coefficient (Wildman–Crippen LogP) is 1.22. The first-order valence-corrected chi connectivity index (χ1v) is 9.78. The van der Waals surface area contributed by atoms with E-state index in [4.69, 9.17) is 9.47 Å². The lowest BCUT2D eigenvalue weighted by Gasteiger charge is -2.20. The van der Waals surface area contributed by atoms with Gasteiger partial charge in [0.25, 0.3) is 0 Å². The van der Waals surface area contributed by atoms with Crippen LogP contribution < -0.4 is 20.3 Å². The summed E-state index contributed by atoms with van der Waals surface area (Å²) in [5.74, 6) is -1.28. The number of fused-ring (bicyclic) bond motifs is 1. The number of ether oxygens (including phenoxy) is 2. The van der Waals surface area contributed by atoms with Crippen LogP contribution >= 0.6 is 0 Å². The van der Waals surface area contributed by atoms with Crippen molar-refractivity contribution in [3.63, 3.8) is 0 Å². The van der Waals surface area contributed by atoms with Gasteiger partial charge in [0.1, 0.15) is 11.5 Å². The smallest absolute Gasteiger partial charge is 0.243 e. The Kier molecular flexibility index (Phi) is 8.60. The second-order valence-corrected chi connectivity index (χ2v) is 6.99. The second-order valence-electron chi connectivity index (χ2n) is 6.99. The number of rotatable bonds is 11. The Bertz CT molecular complexity index is 784. The summed E-state index contributed by atoms with van der Waals surface area (Å²) < 4.78 is 10.6. The SMILES string of the molecule is CCCCC[C@H](CN(O)C=O)C(=O)NNC(=O)CC1Oc2cc(OC)ccc2C1=O. The zero-order valence-corrected chi connectivity index (χ0v) is 17.1. The molecule has 1 aromatic carbocycles. The van der Waals surface area contributed by atoms with E-state index in [0.29, 0.717) is 28.5 Å². The zero-order valence-electron chi connectivity index (χ0n) is 17.1. The van der Waals surface area contributed by atoms with Crippen molar-refractivity contribution in [2.75, 3.05) is 13.7 Å². The number of hydroxylamine groups is 2. The zero-order chi connectivity index (χ0) is 22.1. The molecule has 0 bridgehead atoms. The highest BCUT2D eigenvalue weighted by molar-refractivity contribution is 6.06. The van der Waals surface area contributed by atoms with Gasteiger partial charge in [-0.3, -0.25) is 35.2 Å². The topological polar surface area (TPSA) is 134 Å². The molecule has 30 heavy (non-hydrogen) atoms. The Hall–Kier alpha value is -3.14. The summed E-state index contributed by atoms with van der Waals surface area (Å²) in [5, 5.41) is 9.79. The molecule has 1 aromatic rings. The van der Waals surface area contributed by atoms with Gasteiger partial charge in [0.05, 0.1) is 31.6 Å². The van der Waals surface area contributed by atoms with E-state index in [2.05, 4.69) is 10.9 Å². The Morgan fingerprint density at radius 1 is 1.33 bits per heavy atom. The maximum absolute atomic E-state index is 12.4. The number of carbonyl (C=O) groups is 4. The molecule has 0 aliphatic carbocycles. The van der Waals surface area contributed by atoms with Crippen molar-refractivity contribution in [3.05, 3.63) is 23.8 Å². The van der Waals surface area contributed by atoms with Crippen LogP contribution in [0.15, 0.2) is 18.2 Å². The van der Waals surface area contributed by atoms with Crippen molar-refractivity contribution in [2.45, 2.75) is 45.1 Å². The van der Waals surface area contributed by atoms with E-state index in [0.717, 1.165) is 19.3 Å². The highest BCUT2D eigenvalue weighted by atomic mass is 16.5. The van der Waals surface area contributed by atoms with Crippen LogP contribution in [0.25, 0.3) is 0 Å².